The summed E-state index contributed by atoms with van der Waals surface area (Å²) in [6.07, 6.45) is -0.273. The molecule has 0 unspecified atom stereocenters. The molecule has 0 aliphatic heterocycles. The van der Waals surface area contributed by atoms with Crippen LogP contribution in [0.25, 0.3) is 0 Å². The molecule has 80 valence electrons. The molecule has 4 nitrogen and oxygen atoms in total. The van der Waals surface area contributed by atoms with Gasteiger partial charge in [-0.05, 0) is 12.1 Å². The van der Waals surface area contributed by atoms with Crippen LogP contribution in [0, 0.1) is 0 Å². The molecule has 0 aromatic heterocycles. The zero-order chi connectivity index (χ0) is 11.4. The minimum atomic E-state index is -1.01. The molecule has 0 amide bonds. The van der Waals surface area contributed by atoms with Gasteiger partial charge < -0.3 is 10.8 Å². The minimum Gasteiger partial charge on any atom is -0.481 e. The summed E-state index contributed by atoms with van der Waals surface area (Å²) in [4.78, 5) is 21.8. The third kappa shape index (κ3) is 2.95. The number of benzene rings is 1. The fourth-order valence-corrected chi connectivity index (χ4v) is 1.31. The predicted octanol–water partition coefficient (Wildman–Crippen LogP) is 1.97. The average molecular weight is 228 g/mol. The van der Waals surface area contributed by atoms with E-state index in [1.165, 1.54) is 6.07 Å². The zero-order valence-corrected chi connectivity index (χ0v) is 8.62. The van der Waals surface area contributed by atoms with Crippen molar-refractivity contribution in [2.45, 2.75) is 12.8 Å². The molecule has 0 aliphatic rings. The van der Waals surface area contributed by atoms with E-state index >= 15 is 0 Å². The van der Waals surface area contributed by atoms with E-state index in [9.17, 15) is 9.59 Å². The number of carboxylic acids is 1. The summed E-state index contributed by atoms with van der Waals surface area (Å²) in [5.41, 5.74) is 6.07. The lowest BCUT2D eigenvalue weighted by Crippen LogP contribution is -2.06. The van der Waals surface area contributed by atoms with E-state index in [1.807, 2.05) is 0 Å². The Bertz CT molecular complexity index is 404. The molecule has 1 rings (SSSR count). The van der Waals surface area contributed by atoms with Crippen LogP contribution in [-0.2, 0) is 4.79 Å². The third-order valence-corrected chi connectivity index (χ3v) is 2.25. The van der Waals surface area contributed by atoms with Crippen molar-refractivity contribution >= 4 is 29.0 Å². The Morgan fingerprint density at radius 2 is 2.00 bits per heavy atom. The summed E-state index contributed by atoms with van der Waals surface area (Å²) in [7, 11) is 0. The van der Waals surface area contributed by atoms with Gasteiger partial charge in [0.25, 0.3) is 0 Å². The Balaban J connectivity index is 2.82. The van der Waals surface area contributed by atoms with Gasteiger partial charge in [0.15, 0.2) is 5.78 Å². The van der Waals surface area contributed by atoms with Crippen LogP contribution in [0.2, 0.25) is 5.02 Å². The summed E-state index contributed by atoms with van der Waals surface area (Å²) in [6, 6.07) is 4.71. The highest BCUT2D eigenvalue weighted by molar-refractivity contribution is 6.34. The number of anilines is 1. The van der Waals surface area contributed by atoms with E-state index < -0.39 is 5.97 Å². The number of Topliss-reactive ketones (excluding diaryl/α,β-unsaturated/α-hetero) is 1. The van der Waals surface area contributed by atoms with Crippen molar-refractivity contribution < 1.29 is 14.7 Å². The Morgan fingerprint density at radius 1 is 1.33 bits per heavy atom. The van der Waals surface area contributed by atoms with Crippen LogP contribution in [0.1, 0.15) is 23.2 Å². The van der Waals surface area contributed by atoms with Crippen molar-refractivity contribution in [2.24, 2.45) is 0 Å². The molecule has 0 fully saturated rings. The molecular formula is C10H10ClNO3. The first-order chi connectivity index (χ1) is 7.02. The van der Waals surface area contributed by atoms with Crippen molar-refractivity contribution in [3.63, 3.8) is 0 Å². The lowest BCUT2D eigenvalue weighted by Gasteiger charge is -2.04. The van der Waals surface area contributed by atoms with E-state index in [1.54, 1.807) is 12.1 Å². The van der Waals surface area contributed by atoms with E-state index in [4.69, 9.17) is 22.4 Å². The molecule has 3 N–H and O–H groups in total. The van der Waals surface area contributed by atoms with Gasteiger partial charge in [-0.2, -0.15) is 0 Å². The Kier molecular flexibility index (Phi) is 3.68. The molecule has 1 aromatic rings. The highest BCUT2D eigenvalue weighted by Crippen LogP contribution is 2.23. The number of carbonyl (C=O) groups excluding carboxylic acids is 1. The van der Waals surface area contributed by atoms with Crippen LogP contribution in [0.4, 0.5) is 5.69 Å². The first-order valence-corrected chi connectivity index (χ1v) is 4.69. The van der Waals surface area contributed by atoms with E-state index in [-0.39, 0.29) is 29.9 Å². The fraction of sp³-hybridized carbons (Fsp3) is 0.200. The van der Waals surface area contributed by atoms with Crippen LogP contribution in [0.3, 0.4) is 0 Å². The van der Waals surface area contributed by atoms with Crippen molar-refractivity contribution in [3.05, 3.63) is 28.8 Å². The van der Waals surface area contributed by atoms with Crippen molar-refractivity contribution in [3.8, 4) is 0 Å². The average Bonchev–Trinajstić information content (AvgIpc) is 2.18. The lowest BCUT2D eigenvalue weighted by molar-refractivity contribution is -0.136. The van der Waals surface area contributed by atoms with Gasteiger partial charge in [-0.3, -0.25) is 9.59 Å². The van der Waals surface area contributed by atoms with Crippen LogP contribution in [-0.4, -0.2) is 16.9 Å². The zero-order valence-electron chi connectivity index (χ0n) is 7.87. The van der Waals surface area contributed by atoms with Crippen LogP contribution >= 0.6 is 11.6 Å². The van der Waals surface area contributed by atoms with Crippen LogP contribution < -0.4 is 5.73 Å². The third-order valence-electron chi connectivity index (χ3n) is 1.92. The van der Waals surface area contributed by atoms with Crippen LogP contribution in [0.5, 0.6) is 0 Å². The Labute approximate surface area is 91.7 Å². The maximum absolute atomic E-state index is 11.5. The second kappa shape index (κ2) is 4.79. The normalized spacial score (nSPS) is 9.93. The van der Waals surface area contributed by atoms with Crippen molar-refractivity contribution in [1.82, 2.24) is 0 Å². The highest BCUT2D eigenvalue weighted by atomic mass is 35.5. The van der Waals surface area contributed by atoms with Gasteiger partial charge in [0, 0.05) is 12.0 Å². The number of para-hydroxylation sites is 1. The first kappa shape index (κ1) is 11.5. The standard InChI is InChI=1S/C10H10ClNO3/c11-7-3-1-2-6(10(7)12)8(13)4-5-9(14)15/h1-3H,4-5,12H2,(H,14,15). The van der Waals surface area contributed by atoms with Gasteiger partial charge in [-0.15, -0.1) is 0 Å². The summed E-state index contributed by atoms with van der Waals surface area (Å²) in [5, 5.41) is 8.73. The van der Waals surface area contributed by atoms with Gasteiger partial charge in [-0.1, -0.05) is 17.7 Å². The molecule has 5 heteroatoms. The number of nitrogens with two attached hydrogens (primary N) is 1. The number of ketones is 1. The number of aliphatic carboxylic acids is 1. The summed E-state index contributed by atoms with van der Waals surface area (Å²) >= 11 is 5.73. The number of hydrogen-bond acceptors (Lipinski definition) is 3. The molecular weight excluding hydrogens is 218 g/mol. The molecule has 0 spiro atoms. The van der Waals surface area contributed by atoms with Crippen molar-refractivity contribution in [1.29, 1.82) is 0 Å². The van der Waals surface area contributed by atoms with E-state index in [0.717, 1.165) is 0 Å². The van der Waals surface area contributed by atoms with Gasteiger partial charge in [-0.25, -0.2) is 0 Å². The van der Waals surface area contributed by atoms with E-state index in [2.05, 4.69) is 0 Å². The molecule has 0 saturated heterocycles. The highest BCUT2D eigenvalue weighted by Gasteiger charge is 2.12. The molecule has 1 aromatic carbocycles. The lowest BCUT2D eigenvalue weighted by atomic mass is 10.0. The topological polar surface area (TPSA) is 80.4 Å². The Morgan fingerprint density at radius 3 is 2.60 bits per heavy atom. The molecule has 0 radical (unpaired) electrons. The molecule has 0 heterocycles. The molecule has 0 aliphatic carbocycles. The van der Waals surface area contributed by atoms with Gasteiger partial charge in [0.2, 0.25) is 0 Å². The maximum Gasteiger partial charge on any atom is 0.303 e. The molecule has 15 heavy (non-hydrogen) atoms. The maximum atomic E-state index is 11.5. The number of rotatable bonds is 4. The van der Waals surface area contributed by atoms with Gasteiger partial charge in [0.1, 0.15) is 0 Å². The monoisotopic (exact) mass is 227 g/mol. The SMILES string of the molecule is Nc1c(Cl)cccc1C(=O)CCC(=O)O. The second-order valence-corrected chi connectivity index (χ2v) is 3.43. The Hall–Kier alpha value is -1.55. The summed E-state index contributed by atoms with van der Waals surface area (Å²) in [5.74, 6) is -1.32. The second-order valence-electron chi connectivity index (χ2n) is 3.02. The van der Waals surface area contributed by atoms with Crippen molar-refractivity contribution in [2.75, 3.05) is 5.73 Å². The van der Waals surface area contributed by atoms with Crippen LogP contribution in [0.15, 0.2) is 18.2 Å². The number of hydrogen-bond donors (Lipinski definition) is 2. The molecule has 0 bridgehead atoms. The number of carbonyl (C=O) groups is 2. The quantitative estimate of drug-likeness (QED) is 0.609. The van der Waals surface area contributed by atoms with E-state index in [0.29, 0.717) is 5.02 Å². The largest absolute Gasteiger partial charge is 0.481 e. The summed E-state index contributed by atoms with van der Waals surface area (Å²) in [6.45, 7) is 0. The minimum absolute atomic E-state index is 0.0696. The molecule has 0 atom stereocenters. The number of halogens is 1. The predicted molar refractivity (Wildman–Crippen MR) is 57.1 cm³/mol. The molecule has 0 saturated carbocycles. The first-order valence-electron chi connectivity index (χ1n) is 4.31. The smallest absolute Gasteiger partial charge is 0.303 e. The van der Waals surface area contributed by atoms with Gasteiger partial charge in [0.05, 0.1) is 17.1 Å². The number of carboxylic acid groups (broad SMARTS) is 1. The fourth-order valence-electron chi connectivity index (χ4n) is 1.14. The number of nitrogen functional groups attached to an aromatic ring is 1. The summed E-state index contributed by atoms with van der Waals surface area (Å²) < 4.78 is 0. The van der Waals surface area contributed by atoms with Gasteiger partial charge >= 0.3 is 5.97 Å².